The number of carbonyl (C=O) groups excluding carboxylic acids is 1. The summed E-state index contributed by atoms with van der Waals surface area (Å²) in [6, 6.07) is 13.6. The average molecular weight is 437 g/mol. The molecule has 1 amide bonds. The van der Waals surface area contributed by atoms with E-state index in [0.717, 1.165) is 10.9 Å². The van der Waals surface area contributed by atoms with Gasteiger partial charge in [0.15, 0.2) is 5.11 Å². The second-order valence-electron chi connectivity index (χ2n) is 6.84. The molecular weight excluding hydrogens is 418 g/mol. The molecule has 0 bridgehead atoms. The molecule has 0 unspecified atom stereocenters. The fourth-order valence-electron chi connectivity index (χ4n) is 3.42. The predicted molar refractivity (Wildman–Crippen MR) is 122 cm³/mol. The number of hydrogen-bond acceptors (Lipinski definition) is 7. The van der Waals surface area contributed by atoms with Crippen molar-refractivity contribution >= 4 is 51.2 Å². The van der Waals surface area contributed by atoms with Gasteiger partial charge in [0.05, 0.1) is 23.7 Å². The minimum atomic E-state index is -0.535. The molecular formula is C21H19N5O4S. The Balaban J connectivity index is 1.50. The van der Waals surface area contributed by atoms with Crippen molar-refractivity contribution in [1.82, 2.24) is 10.3 Å². The summed E-state index contributed by atoms with van der Waals surface area (Å²) in [5, 5.41) is 18.1. The van der Waals surface area contributed by atoms with Crippen molar-refractivity contribution in [1.29, 1.82) is 0 Å². The molecule has 10 heteroatoms. The Morgan fingerprint density at radius 2 is 1.97 bits per heavy atom. The molecule has 2 N–H and O–H groups in total. The van der Waals surface area contributed by atoms with E-state index in [1.807, 2.05) is 35.2 Å². The molecule has 3 aromatic rings. The number of nitro groups is 1. The first-order valence-corrected chi connectivity index (χ1v) is 10.0. The molecule has 4 rings (SSSR count). The smallest absolute Gasteiger partial charge is 0.293 e. The third-order valence-electron chi connectivity index (χ3n) is 4.91. The molecule has 0 aliphatic carbocycles. The van der Waals surface area contributed by atoms with E-state index < -0.39 is 10.8 Å². The van der Waals surface area contributed by atoms with Crippen LogP contribution < -0.4 is 15.5 Å². The topological polar surface area (TPSA) is 110 Å². The maximum absolute atomic E-state index is 12.7. The number of hydrogen-bond donors (Lipinski definition) is 2. The van der Waals surface area contributed by atoms with Gasteiger partial charge >= 0.3 is 0 Å². The van der Waals surface area contributed by atoms with Gasteiger partial charge in [0.1, 0.15) is 5.69 Å². The van der Waals surface area contributed by atoms with E-state index in [2.05, 4.69) is 15.6 Å². The van der Waals surface area contributed by atoms with Gasteiger partial charge in [-0.2, -0.15) is 0 Å². The molecule has 0 spiro atoms. The zero-order valence-corrected chi connectivity index (χ0v) is 17.2. The van der Waals surface area contributed by atoms with Crippen molar-refractivity contribution in [2.75, 3.05) is 36.5 Å². The lowest BCUT2D eigenvalue weighted by Gasteiger charge is -2.28. The van der Waals surface area contributed by atoms with E-state index >= 15 is 0 Å². The van der Waals surface area contributed by atoms with Crippen LogP contribution in [0.2, 0.25) is 0 Å². The number of rotatable bonds is 4. The zero-order valence-electron chi connectivity index (χ0n) is 16.4. The van der Waals surface area contributed by atoms with Gasteiger partial charge in [0, 0.05) is 42.0 Å². The molecule has 1 aliphatic rings. The van der Waals surface area contributed by atoms with Gasteiger partial charge in [-0.15, -0.1) is 0 Å². The van der Waals surface area contributed by atoms with Gasteiger partial charge in [-0.25, -0.2) is 0 Å². The number of nitro benzene ring substituents is 1. The Hall–Kier alpha value is -3.63. The standard InChI is InChI=1S/C21H19N5O4S/c27-20(24-21(31)23-17-5-1-4-16-15(17)3-2-8-22-16)14-6-7-18(19(13-14)26(28)29)25-9-11-30-12-10-25/h1-8,13H,9-12H2,(H2,23,24,27,31). The highest BCUT2D eigenvalue weighted by Crippen LogP contribution is 2.30. The molecule has 0 radical (unpaired) electrons. The second-order valence-corrected chi connectivity index (χ2v) is 7.25. The summed E-state index contributed by atoms with van der Waals surface area (Å²) in [4.78, 5) is 29.9. The summed E-state index contributed by atoms with van der Waals surface area (Å²) in [6.07, 6.45) is 1.69. The Bertz CT molecular complexity index is 1160. The van der Waals surface area contributed by atoms with E-state index in [0.29, 0.717) is 37.7 Å². The average Bonchev–Trinajstić information content (AvgIpc) is 2.79. The van der Waals surface area contributed by atoms with Gasteiger partial charge in [-0.1, -0.05) is 6.07 Å². The van der Waals surface area contributed by atoms with Crippen molar-refractivity contribution in [2.45, 2.75) is 0 Å². The van der Waals surface area contributed by atoms with Gasteiger partial charge in [0.25, 0.3) is 11.6 Å². The van der Waals surface area contributed by atoms with Gasteiger partial charge in [0.2, 0.25) is 0 Å². The first-order valence-electron chi connectivity index (χ1n) is 9.60. The minimum absolute atomic E-state index is 0.0845. The van der Waals surface area contributed by atoms with Crippen LogP contribution in [0.4, 0.5) is 17.1 Å². The number of morpholine rings is 1. The molecule has 2 aromatic carbocycles. The number of nitrogens with zero attached hydrogens (tertiary/aromatic N) is 3. The summed E-state index contributed by atoms with van der Waals surface area (Å²) in [5.41, 5.74) is 1.97. The summed E-state index contributed by atoms with van der Waals surface area (Å²) in [6.45, 7) is 2.12. The van der Waals surface area contributed by atoms with Crippen LogP contribution in [0.5, 0.6) is 0 Å². The molecule has 0 atom stereocenters. The van der Waals surface area contributed by atoms with Crippen molar-refractivity contribution in [2.24, 2.45) is 0 Å². The number of anilines is 2. The van der Waals surface area contributed by atoms with E-state index in [1.54, 1.807) is 18.3 Å². The number of aromatic nitrogens is 1. The minimum Gasteiger partial charge on any atom is -0.378 e. The summed E-state index contributed by atoms with van der Waals surface area (Å²) < 4.78 is 5.30. The number of carbonyl (C=O) groups is 1. The monoisotopic (exact) mass is 437 g/mol. The Kier molecular flexibility index (Phi) is 6.01. The Labute approximate surface area is 183 Å². The lowest BCUT2D eigenvalue weighted by molar-refractivity contribution is -0.384. The third-order valence-corrected chi connectivity index (χ3v) is 5.11. The van der Waals surface area contributed by atoms with Crippen LogP contribution >= 0.6 is 12.2 Å². The highest BCUT2D eigenvalue weighted by atomic mass is 32.1. The van der Waals surface area contributed by atoms with E-state index in [9.17, 15) is 14.9 Å². The zero-order chi connectivity index (χ0) is 21.8. The van der Waals surface area contributed by atoms with E-state index in [4.69, 9.17) is 17.0 Å². The van der Waals surface area contributed by atoms with Crippen LogP contribution in [-0.2, 0) is 4.74 Å². The SMILES string of the molecule is O=C(NC(=S)Nc1cccc2ncccc12)c1ccc(N2CCOCC2)c([N+](=O)[O-])c1. The number of fused-ring (bicyclic) bond motifs is 1. The maximum Gasteiger partial charge on any atom is 0.293 e. The van der Waals surface area contributed by atoms with E-state index in [-0.39, 0.29) is 16.4 Å². The van der Waals surface area contributed by atoms with Crippen LogP contribution in [0.25, 0.3) is 10.9 Å². The van der Waals surface area contributed by atoms with Crippen molar-refractivity contribution in [3.05, 3.63) is 70.4 Å². The lowest BCUT2D eigenvalue weighted by atomic mass is 10.1. The summed E-state index contributed by atoms with van der Waals surface area (Å²) in [7, 11) is 0. The van der Waals surface area contributed by atoms with Crippen LogP contribution in [0.1, 0.15) is 10.4 Å². The van der Waals surface area contributed by atoms with Crippen LogP contribution in [0, 0.1) is 10.1 Å². The first-order chi connectivity index (χ1) is 15.0. The lowest BCUT2D eigenvalue weighted by Crippen LogP contribution is -2.37. The predicted octanol–water partition coefficient (Wildman–Crippen LogP) is 3.11. The molecule has 1 saturated heterocycles. The third kappa shape index (κ3) is 4.60. The molecule has 2 heterocycles. The van der Waals surface area contributed by atoms with Crippen LogP contribution in [-0.4, -0.2) is 47.2 Å². The quantitative estimate of drug-likeness (QED) is 0.364. The molecule has 9 nitrogen and oxygen atoms in total. The van der Waals surface area contributed by atoms with Crippen molar-refractivity contribution in [3.63, 3.8) is 0 Å². The number of ether oxygens (including phenoxy) is 1. The largest absolute Gasteiger partial charge is 0.378 e. The molecule has 1 fully saturated rings. The Morgan fingerprint density at radius 3 is 2.74 bits per heavy atom. The summed E-state index contributed by atoms with van der Waals surface area (Å²) >= 11 is 5.27. The van der Waals surface area contributed by atoms with Crippen LogP contribution in [0.15, 0.2) is 54.7 Å². The van der Waals surface area contributed by atoms with Crippen molar-refractivity contribution in [3.8, 4) is 0 Å². The number of amides is 1. The second kappa shape index (κ2) is 9.02. The first kappa shape index (κ1) is 20.6. The van der Waals surface area contributed by atoms with Gasteiger partial charge in [-0.05, 0) is 48.6 Å². The fourth-order valence-corrected chi connectivity index (χ4v) is 3.63. The fraction of sp³-hybridized carbons (Fsp3) is 0.190. The van der Waals surface area contributed by atoms with Crippen molar-refractivity contribution < 1.29 is 14.5 Å². The van der Waals surface area contributed by atoms with E-state index in [1.165, 1.54) is 6.07 Å². The highest BCUT2D eigenvalue weighted by Gasteiger charge is 2.23. The van der Waals surface area contributed by atoms with Gasteiger partial charge < -0.3 is 15.0 Å². The van der Waals surface area contributed by atoms with Crippen LogP contribution in [0.3, 0.4) is 0 Å². The molecule has 158 valence electrons. The highest BCUT2D eigenvalue weighted by molar-refractivity contribution is 7.80. The Morgan fingerprint density at radius 1 is 1.16 bits per heavy atom. The molecule has 0 saturated carbocycles. The molecule has 1 aliphatic heterocycles. The molecule has 31 heavy (non-hydrogen) atoms. The normalized spacial score (nSPS) is 13.6. The number of pyridine rings is 1. The summed E-state index contributed by atoms with van der Waals surface area (Å²) in [5.74, 6) is -0.535. The number of nitrogens with one attached hydrogen (secondary N) is 2. The van der Waals surface area contributed by atoms with Gasteiger partial charge in [-0.3, -0.25) is 25.2 Å². The number of benzene rings is 2. The maximum atomic E-state index is 12.7. The number of thiocarbonyl (C=S) groups is 1. The molecule has 1 aromatic heterocycles.